The Bertz CT molecular complexity index is 1490. The van der Waals surface area contributed by atoms with Crippen molar-refractivity contribution in [1.82, 2.24) is 0 Å². The summed E-state index contributed by atoms with van der Waals surface area (Å²) >= 11 is 0. The summed E-state index contributed by atoms with van der Waals surface area (Å²) in [6, 6.07) is 0. The summed E-state index contributed by atoms with van der Waals surface area (Å²) in [5.41, 5.74) is 0. The zero-order valence-electron chi connectivity index (χ0n) is 50.8. The van der Waals surface area contributed by atoms with Crippen molar-refractivity contribution in [3.8, 4) is 0 Å². The van der Waals surface area contributed by atoms with Crippen molar-refractivity contribution in [1.29, 1.82) is 0 Å². The lowest BCUT2D eigenvalue weighted by Crippen LogP contribution is -2.44. The Hall–Kier alpha value is -3.27. The quantitative estimate of drug-likeness (QED) is 0.0195. The number of rotatable bonds is 59. The number of allylic oxidation sites excluding steroid dienone is 12. The van der Waals surface area contributed by atoms with Crippen LogP contribution in [0.3, 0.4) is 0 Å². The van der Waals surface area contributed by atoms with Crippen molar-refractivity contribution in [2.75, 3.05) is 47.5 Å². The maximum atomic E-state index is 12.9. The first-order chi connectivity index (χ1) is 37.6. The van der Waals surface area contributed by atoms with Crippen molar-refractivity contribution < 1.29 is 42.9 Å². The highest BCUT2D eigenvalue weighted by molar-refractivity contribution is 5.70. The number of nitrogens with zero attached hydrogens (tertiary/aromatic N) is 1. The van der Waals surface area contributed by atoms with Crippen LogP contribution >= 0.6 is 0 Å². The van der Waals surface area contributed by atoms with Gasteiger partial charge in [-0.2, -0.15) is 0 Å². The number of quaternary nitrogens is 1. The Kier molecular flexibility index (Phi) is 56.4. The largest absolute Gasteiger partial charge is 0.545 e. The van der Waals surface area contributed by atoms with E-state index >= 15 is 0 Å². The van der Waals surface area contributed by atoms with Gasteiger partial charge < -0.3 is 33.3 Å². The Morgan fingerprint density at radius 2 is 0.740 bits per heavy atom. The number of ether oxygens (including phenoxy) is 4. The van der Waals surface area contributed by atoms with Crippen LogP contribution in [-0.2, 0) is 33.3 Å². The third kappa shape index (κ3) is 60.2. The summed E-state index contributed by atoms with van der Waals surface area (Å²) in [7, 11) is 5.92. The highest BCUT2D eigenvalue weighted by atomic mass is 16.7. The minimum absolute atomic E-state index is 0.141. The van der Waals surface area contributed by atoms with Crippen LogP contribution in [-0.4, -0.2) is 82.3 Å². The summed E-state index contributed by atoms with van der Waals surface area (Å²) < 4.78 is 22.7. The normalized spacial score (nSPS) is 13.2. The second-order valence-corrected chi connectivity index (χ2v) is 22.7. The first kappa shape index (κ1) is 73.7. The first-order valence-electron chi connectivity index (χ1n) is 32.1. The molecule has 0 aromatic carbocycles. The van der Waals surface area contributed by atoms with Gasteiger partial charge in [0, 0.05) is 12.8 Å². The SMILES string of the molecule is CC/C=C\C/C=C\C/C=C\C/C=C\C/C=C\CCCCCCCC(=O)OC(COC(=O)CCCCCCCCCCCCCCCCCCCCC/C=C\CCCCCCCCCC)COC(OCC[N+](C)(C)C)C(=O)[O-]. The monoisotopic (exact) mass is 1080 g/mol. The second-order valence-electron chi connectivity index (χ2n) is 22.7. The van der Waals surface area contributed by atoms with Crippen LogP contribution in [0.2, 0.25) is 0 Å². The van der Waals surface area contributed by atoms with Gasteiger partial charge in [-0.15, -0.1) is 0 Å². The molecule has 0 heterocycles. The molecule has 446 valence electrons. The number of carboxylic acid groups (broad SMARTS) is 1. The zero-order valence-corrected chi connectivity index (χ0v) is 50.8. The van der Waals surface area contributed by atoms with Gasteiger partial charge in [0.05, 0.1) is 40.3 Å². The molecule has 2 unspecified atom stereocenters. The van der Waals surface area contributed by atoms with E-state index in [1.165, 1.54) is 167 Å². The van der Waals surface area contributed by atoms with Crippen molar-refractivity contribution in [3.05, 3.63) is 72.9 Å². The molecule has 0 radical (unpaired) electrons. The number of carbonyl (C=O) groups is 3. The highest BCUT2D eigenvalue weighted by Crippen LogP contribution is 2.17. The fraction of sp³-hybridized carbons (Fsp3) is 0.779. The third-order valence-electron chi connectivity index (χ3n) is 13.9. The van der Waals surface area contributed by atoms with Crippen LogP contribution in [0.1, 0.15) is 284 Å². The molecule has 77 heavy (non-hydrogen) atoms. The van der Waals surface area contributed by atoms with Gasteiger partial charge in [-0.05, 0) is 83.5 Å². The summed E-state index contributed by atoms with van der Waals surface area (Å²) in [5, 5.41) is 11.8. The predicted octanol–water partition coefficient (Wildman–Crippen LogP) is 18.0. The maximum absolute atomic E-state index is 12.9. The molecule has 0 aliphatic heterocycles. The molecule has 0 fully saturated rings. The number of hydrogen-bond donors (Lipinski definition) is 0. The van der Waals surface area contributed by atoms with Gasteiger partial charge in [-0.1, -0.05) is 260 Å². The Balaban J connectivity index is 4.14. The second kappa shape index (κ2) is 58.9. The molecule has 0 amide bonds. The van der Waals surface area contributed by atoms with Gasteiger partial charge in [0.15, 0.2) is 12.4 Å². The lowest BCUT2D eigenvalue weighted by molar-refractivity contribution is -0.870. The zero-order chi connectivity index (χ0) is 56.2. The molecule has 0 aliphatic rings. The number of unbranched alkanes of at least 4 members (excludes halogenated alkanes) is 32. The van der Waals surface area contributed by atoms with Crippen LogP contribution in [0.25, 0.3) is 0 Å². The van der Waals surface area contributed by atoms with Gasteiger partial charge in [0.25, 0.3) is 0 Å². The molecule has 0 saturated carbocycles. The summed E-state index contributed by atoms with van der Waals surface area (Å²) in [4.78, 5) is 37.4. The van der Waals surface area contributed by atoms with Gasteiger partial charge >= 0.3 is 11.9 Å². The van der Waals surface area contributed by atoms with Gasteiger partial charge in [-0.3, -0.25) is 9.59 Å². The smallest absolute Gasteiger partial charge is 0.306 e. The van der Waals surface area contributed by atoms with E-state index in [1.54, 1.807) is 0 Å². The molecule has 9 nitrogen and oxygen atoms in total. The number of hydrogen-bond acceptors (Lipinski definition) is 8. The molecule has 0 rings (SSSR count). The number of aliphatic carboxylic acids is 1. The van der Waals surface area contributed by atoms with Crippen molar-refractivity contribution in [2.24, 2.45) is 0 Å². The Morgan fingerprint density at radius 3 is 1.12 bits per heavy atom. The molecule has 0 aliphatic carbocycles. The van der Waals surface area contributed by atoms with Crippen LogP contribution in [0.5, 0.6) is 0 Å². The van der Waals surface area contributed by atoms with E-state index in [1.807, 2.05) is 21.1 Å². The van der Waals surface area contributed by atoms with Gasteiger partial charge in [0.1, 0.15) is 13.2 Å². The molecule has 0 saturated heterocycles. The van der Waals surface area contributed by atoms with Crippen LogP contribution in [0, 0.1) is 0 Å². The van der Waals surface area contributed by atoms with Gasteiger partial charge in [0.2, 0.25) is 0 Å². The lowest BCUT2D eigenvalue weighted by atomic mass is 10.0. The van der Waals surface area contributed by atoms with E-state index in [0.29, 0.717) is 17.4 Å². The van der Waals surface area contributed by atoms with E-state index in [9.17, 15) is 19.5 Å². The van der Waals surface area contributed by atoms with Crippen molar-refractivity contribution >= 4 is 17.9 Å². The van der Waals surface area contributed by atoms with E-state index in [-0.39, 0.29) is 38.6 Å². The Morgan fingerprint density at radius 1 is 0.403 bits per heavy atom. The van der Waals surface area contributed by atoms with E-state index < -0.39 is 24.3 Å². The van der Waals surface area contributed by atoms with E-state index in [4.69, 9.17) is 18.9 Å². The van der Waals surface area contributed by atoms with E-state index in [2.05, 4.69) is 86.8 Å². The molecule has 0 aromatic heterocycles. The number of esters is 2. The Labute approximate surface area is 475 Å². The molecule has 0 bridgehead atoms. The number of carboxylic acids is 1. The fourth-order valence-corrected chi connectivity index (χ4v) is 9.03. The standard InChI is InChI=1S/C68H121NO8/c1-6-8-10-12-14-16-18-20-22-24-26-28-29-30-31-32-33-34-35-36-37-39-40-42-44-46-48-50-52-54-56-58-65(70)75-62-64(63-76-68(67(72)73)74-61-60-69(3,4)5)77-66(71)59-57-55-53-51-49-47-45-43-41-38-27-25-23-21-19-17-15-13-11-9-7-2/h9,11,15,17,21,23-24,26-27,38,43,45,64,68H,6-8,10,12-14,16,18-20,22,25,28-37,39-42,44,46-63H2,1-5H3/b11-9-,17-15-,23-21-,26-24-,38-27-,45-43-. The van der Waals surface area contributed by atoms with E-state index in [0.717, 1.165) is 83.5 Å². The molecule has 0 aromatic rings. The summed E-state index contributed by atoms with van der Waals surface area (Å²) in [5.74, 6) is -2.30. The lowest BCUT2D eigenvalue weighted by Gasteiger charge is -2.26. The average Bonchev–Trinajstić information content (AvgIpc) is 3.40. The van der Waals surface area contributed by atoms with Crippen LogP contribution in [0.4, 0.5) is 0 Å². The minimum atomic E-state index is -1.63. The highest BCUT2D eigenvalue weighted by Gasteiger charge is 2.22. The fourth-order valence-electron chi connectivity index (χ4n) is 9.03. The number of carbonyl (C=O) groups excluding carboxylic acids is 3. The number of likely N-dealkylation sites (N-methyl/N-ethyl adjacent to an activating group) is 1. The predicted molar refractivity (Wildman–Crippen MR) is 325 cm³/mol. The van der Waals surface area contributed by atoms with Crippen LogP contribution in [0.15, 0.2) is 72.9 Å². The first-order valence-corrected chi connectivity index (χ1v) is 32.1. The van der Waals surface area contributed by atoms with Crippen LogP contribution < -0.4 is 5.11 Å². The molecular formula is C68H121NO8. The minimum Gasteiger partial charge on any atom is -0.545 e. The summed E-state index contributed by atoms with van der Waals surface area (Å²) in [6.45, 7) is 4.64. The third-order valence-corrected chi connectivity index (χ3v) is 13.9. The molecule has 0 spiro atoms. The summed E-state index contributed by atoms with van der Waals surface area (Å²) in [6.07, 6.45) is 74.0. The van der Waals surface area contributed by atoms with Crippen molar-refractivity contribution in [2.45, 2.75) is 296 Å². The topological polar surface area (TPSA) is 111 Å². The molecular weight excluding hydrogens is 959 g/mol. The molecule has 2 atom stereocenters. The van der Waals surface area contributed by atoms with Crippen molar-refractivity contribution in [3.63, 3.8) is 0 Å². The van der Waals surface area contributed by atoms with Gasteiger partial charge in [-0.25, -0.2) is 0 Å². The molecule has 9 heteroatoms. The maximum Gasteiger partial charge on any atom is 0.306 e. The average molecular weight is 1080 g/mol. The molecule has 0 N–H and O–H groups in total.